The number of hydrogen-bond acceptors (Lipinski definition) is 6. The highest BCUT2D eigenvalue weighted by atomic mass is 16.5. The Balaban J connectivity index is 1.91. The third-order valence-electron chi connectivity index (χ3n) is 7.31. The van der Waals surface area contributed by atoms with Crippen LogP contribution in [0.1, 0.15) is 75.6 Å². The van der Waals surface area contributed by atoms with Crippen molar-refractivity contribution in [3.8, 4) is 0 Å². The molecule has 2 atom stereocenters. The highest BCUT2D eigenvalue weighted by Crippen LogP contribution is 2.18. The van der Waals surface area contributed by atoms with Crippen molar-refractivity contribution in [2.45, 2.75) is 90.8 Å². The van der Waals surface area contributed by atoms with Gasteiger partial charge >= 0.3 is 11.9 Å². The van der Waals surface area contributed by atoms with E-state index in [0.29, 0.717) is 12.8 Å². The minimum atomic E-state index is -1.40. The van der Waals surface area contributed by atoms with Gasteiger partial charge in [-0.15, -0.1) is 0 Å². The van der Waals surface area contributed by atoms with Crippen molar-refractivity contribution in [3.63, 3.8) is 0 Å². The first-order valence-corrected chi connectivity index (χ1v) is 14.7. The van der Waals surface area contributed by atoms with Gasteiger partial charge in [-0.05, 0) is 81.5 Å². The van der Waals surface area contributed by atoms with Crippen LogP contribution in [0.15, 0.2) is 72.8 Å². The lowest BCUT2D eigenvalue weighted by molar-refractivity contribution is -0.145. The maximum Gasteiger partial charge on any atom is 0.336 e. The maximum atomic E-state index is 12.3. The van der Waals surface area contributed by atoms with Crippen LogP contribution in [0.2, 0.25) is 0 Å². The number of aliphatic hydroxyl groups is 2. The number of esters is 2. The predicted molar refractivity (Wildman–Crippen MR) is 164 cm³/mol. The Labute approximate surface area is 246 Å². The molecule has 0 radical (unpaired) electrons. The fourth-order valence-electron chi connectivity index (χ4n) is 4.19. The SMILES string of the molecule is C=C(C(=O)OCC(CCc1ccc(CCc2ccc(CCCCC)cc2)cc1)COC(=O)C(=C)C(C)(C)O)C(C)O. The lowest BCUT2D eigenvalue weighted by Gasteiger charge is -2.21. The molecule has 2 aromatic rings. The molecule has 0 bridgehead atoms. The molecule has 224 valence electrons. The summed E-state index contributed by atoms with van der Waals surface area (Å²) in [6.07, 6.45) is 7.14. The molecule has 6 heteroatoms. The fourth-order valence-corrected chi connectivity index (χ4v) is 4.19. The van der Waals surface area contributed by atoms with E-state index < -0.39 is 23.6 Å². The van der Waals surface area contributed by atoms with Gasteiger partial charge in [0, 0.05) is 5.92 Å². The number of carbonyl (C=O) groups excluding carboxylic acids is 2. The zero-order chi connectivity index (χ0) is 30.4. The monoisotopic (exact) mass is 564 g/mol. The molecular formula is C35H48O6. The molecule has 2 N–H and O–H groups in total. The van der Waals surface area contributed by atoms with Crippen LogP contribution >= 0.6 is 0 Å². The maximum absolute atomic E-state index is 12.3. The Morgan fingerprint density at radius 2 is 1.22 bits per heavy atom. The Morgan fingerprint density at radius 1 is 0.780 bits per heavy atom. The van der Waals surface area contributed by atoms with Gasteiger partial charge in [-0.1, -0.05) is 81.5 Å². The molecule has 0 aliphatic heterocycles. The zero-order valence-corrected chi connectivity index (χ0v) is 25.3. The summed E-state index contributed by atoms with van der Waals surface area (Å²) < 4.78 is 10.7. The first-order chi connectivity index (χ1) is 19.4. The van der Waals surface area contributed by atoms with Gasteiger partial charge < -0.3 is 19.7 Å². The Bertz CT molecular complexity index is 1120. The van der Waals surface area contributed by atoms with E-state index in [-0.39, 0.29) is 30.3 Å². The summed E-state index contributed by atoms with van der Waals surface area (Å²) in [7, 11) is 0. The highest BCUT2D eigenvalue weighted by molar-refractivity contribution is 5.89. The Morgan fingerprint density at radius 3 is 1.66 bits per heavy atom. The second-order valence-electron chi connectivity index (χ2n) is 11.4. The molecule has 2 rings (SSSR count). The summed E-state index contributed by atoms with van der Waals surface area (Å²) in [6, 6.07) is 17.5. The van der Waals surface area contributed by atoms with Crippen LogP contribution in [-0.4, -0.2) is 47.1 Å². The van der Waals surface area contributed by atoms with Gasteiger partial charge in [-0.3, -0.25) is 0 Å². The molecule has 0 aliphatic rings. The van der Waals surface area contributed by atoms with Gasteiger partial charge in [0.2, 0.25) is 0 Å². The zero-order valence-electron chi connectivity index (χ0n) is 25.3. The van der Waals surface area contributed by atoms with Crippen LogP contribution in [0.25, 0.3) is 0 Å². The van der Waals surface area contributed by atoms with Crippen LogP contribution in [0, 0.1) is 5.92 Å². The predicted octanol–water partition coefficient (Wildman–Crippen LogP) is 6.10. The van der Waals surface area contributed by atoms with Gasteiger partial charge in [-0.2, -0.15) is 0 Å². The smallest absolute Gasteiger partial charge is 0.336 e. The van der Waals surface area contributed by atoms with E-state index in [4.69, 9.17) is 9.47 Å². The second-order valence-corrected chi connectivity index (χ2v) is 11.4. The largest absolute Gasteiger partial charge is 0.462 e. The van der Waals surface area contributed by atoms with Gasteiger partial charge in [-0.25, -0.2) is 9.59 Å². The average molecular weight is 565 g/mol. The third-order valence-corrected chi connectivity index (χ3v) is 7.31. The summed E-state index contributed by atoms with van der Waals surface area (Å²) in [4.78, 5) is 24.5. The van der Waals surface area contributed by atoms with Crippen LogP contribution in [0.3, 0.4) is 0 Å². The number of aryl methyl sites for hydroxylation is 4. The molecule has 0 saturated carbocycles. The summed E-state index contributed by atoms with van der Waals surface area (Å²) in [6.45, 7) is 13.8. The first-order valence-electron chi connectivity index (χ1n) is 14.7. The molecular weight excluding hydrogens is 516 g/mol. The van der Waals surface area contributed by atoms with E-state index >= 15 is 0 Å². The fraction of sp³-hybridized carbons (Fsp3) is 0.486. The molecule has 0 fully saturated rings. The van der Waals surface area contributed by atoms with Crippen molar-refractivity contribution in [2.24, 2.45) is 5.92 Å². The molecule has 2 unspecified atom stereocenters. The minimum Gasteiger partial charge on any atom is -0.462 e. The lowest BCUT2D eigenvalue weighted by atomic mass is 9.97. The number of rotatable bonds is 18. The van der Waals surface area contributed by atoms with Crippen LogP contribution in [0.4, 0.5) is 0 Å². The standard InChI is InChI=1S/C35H48O6/c1-7-8-9-10-28-11-13-29(14-12-28)15-16-30-17-19-31(20-18-30)21-22-32(23-40-33(37)25(2)27(4)36)24-41-34(38)26(3)35(5,6)39/h11-14,17-20,27,32,36,39H,2-3,7-10,15-16,21-24H2,1,4-6H3. The average Bonchev–Trinajstić information content (AvgIpc) is 2.95. The van der Waals surface area contributed by atoms with Gasteiger partial charge in [0.1, 0.15) is 0 Å². The number of aliphatic hydroxyl groups excluding tert-OH is 1. The molecule has 0 amide bonds. The summed E-state index contributed by atoms with van der Waals surface area (Å²) in [5, 5.41) is 19.6. The molecule has 0 spiro atoms. The molecule has 6 nitrogen and oxygen atoms in total. The summed E-state index contributed by atoms with van der Waals surface area (Å²) >= 11 is 0. The summed E-state index contributed by atoms with van der Waals surface area (Å²) in [5.41, 5.74) is 3.66. The quantitative estimate of drug-likeness (QED) is 0.129. The van der Waals surface area contributed by atoms with E-state index in [0.717, 1.165) is 24.8 Å². The number of benzene rings is 2. The topological polar surface area (TPSA) is 93.1 Å². The van der Waals surface area contributed by atoms with E-state index in [9.17, 15) is 19.8 Å². The molecule has 41 heavy (non-hydrogen) atoms. The normalized spacial score (nSPS) is 12.8. The molecule has 0 aliphatic carbocycles. The highest BCUT2D eigenvalue weighted by Gasteiger charge is 2.26. The van der Waals surface area contributed by atoms with Crippen molar-refractivity contribution >= 4 is 11.9 Å². The van der Waals surface area contributed by atoms with Crippen LogP contribution < -0.4 is 0 Å². The number of unbranched alkanes of at least 4 members (excludes halogenated alkanes) is 2. The summed E-state index contributed by atoms with van der Waals surface area (Å²) in [5.74, 6) is -1.67. The third kappa shape index (κ3) is 12.4. The van der Waals surface area contributed by atoms with Crippen molar-refractivity contribution in [3.05, 3.63) is 95.1 Å². The van der Waals surface area contributed by atoms with Crippen LogP contribution in [-0.2, 0) is 44.7 Å². The van der Waals surface area contributed by atoms with Gasteiger partial charge in [0.25, 0.3) is 0 Å². The molecule has 2 aromatic carbocycles. The van der Waals surface area contributed by atoms with Gasteiger partial charge in [0.05, 0.1) is 36.1 Å². The van der Waals surface area contributed by atoms with Crippen molar-refractivity contribution < 1.29 is 29.3 Å². The number of ether oxygens (including phenoxy) is 2. The van der Waals surface area contributed by atoms with Gasteiger partial charge in [0.15, 0.2) is 0 Å². The van der Waals surface area contributed by atoms with Crippen molar-refractivity contribution in [2.75, 3.05) is 13.2 Å². The first kappa shape index (κ1) is 34.0. The number of hydrogen-bond donors (Lipinski definition) is 2. The van der Waals surface area contributed by atoms with Crippen molar-refractivity contribution in [1.82, 2.24) is 0 Å². The molecule has 0 aromatic heterocycles. The Kier molecular flexibility index (Phi) is 14.0. The lowest BCUT2D eigenvalue weighted by Crippen LogP contribution is -2.30. The molecule has 0 saturated heterocycles. The minimum absolute atomic E-state index is 0.00214. The number of carbonyl (C=O) groups is 2. The second kappa shape index (κ2) is 16.9. The van der Waals surface area contributed by atoms with E-state index in [1.54, 1.807) is 0 Å². The Hall–Kier alpha value is -3.22. The van der Waals surface area contributed by atoms with E-state index in [1.807, 2.05) is 0 Å². The molecule has 0 heterocycles. The van der Waals surface area contributed by atoms with Crippen molar-refractivity contribution in [1.29, 1.82) is 0 Å². The van der Waals surface area contributed by atoms with E-state index in [1.165, 1.54) is 56.7 Å². The van der Waals surface area contributed by atoms with Crippen LogP contribution in [0.5, 0.6) is 0 Å². The van der Waals surface area contributed by atoms with E-state index in [2.05, 4.69) is 68.6 Å².